The standard InChI is InChI=1S/C27H42BNS/c1-6-9-13-22-27(28,25-16-11-10-12-17-25)26-20-18-24(19-21-26)15-14-23-30(4,5)29(7-2)8-3/h10-12,16-21H,6-9,13-15,22-23H2,1-5H3. The lowest BCUT2D eigenvalue weighted by atomic mass is 9.57. The molecular weight excluding hydrogens is 381 g/mol. The van der Waals surface area contributed by atoms with Crippen molar-refractivity contribution in [3.05, 3.63) is 71.3 Å². The highest BCUT2D eigenvalue weighted by atomic mass is 32.3. The van der Waals surface area contributed by atoms with E-state index in [-0.39, 0.29) is 0 Å². The van der Waals surface area contributed by atoms with Gasteiger partial charge in [-0.25, -0.2) is 0 Å². The highest BCUT2D eigenvalue weighted by molar-refractivity contribution is 8.30. The number of benzene rings is 2. The molecule has 164 valence electrons. The molecule has 0 saturated heterocycles. The SMILES string of the molecule is [B]C(CCCCC)(c1ccccc1)c1ccc(CCCS(C)(C)N(CC)CC)cc1. The Kier molecular flexibility index (Phi) is 10.0. The van der Waals surface area contributed by atoms with Crippen molar-refractivity contribution < 1.29 is 0 Å². The quantitative estimate of drug-likeness (QED) is 0.249. The Balaban J connectivity index is 2.08. The molecular formula is C27H42BNS. The summed E-state index contributed by atoms with van der Waals surface area (Å²) in [7, 11) is 6.39. The van der Waals surface area contributed by atoms with Crippen LogP contribution in [-0.2, 0) is 11.7 Å². The van der Waals surface area contributed by atoms with E-state index in [1.165, 1.54) is 41.7 Å². The van der Waals surface area contributed by atoms with Gasteiger partial charge in [0.05, 0.1) is 7.85 Å². The van der Waals surface area contributed by atoms with Gasteiger partial charge in [-0.1, -0.05) is 94.6 Å². The molecule has 0 heterocycles. The summed E-state index contributed by atoms with van der Waals surface area (Å²) >= 11 is 0. The molecule has 0 saturated carbocycles. The Morgan fingerprint density at radius 3 is 1.97 bits per heavy atom. The van der Waals surface area contributed by atoms with Crippen LogP contribution in [0.1, 0.15) is 69.6 Å². The smallest absolute Gasteiger partial charge is 0.0875 e. The van der Waals surface area contributed by atoms with Gasteiger partial charge in [0.25, 0.3) is 0 Å². The summed E-state index contributed by atoms with van der Waals surface area (Å²) in [5, 5.41) is -0.399. The molecule has 0 amide bonds. The third kappa shape index (κ3) is 6.66. The van der Waals surface area contributed by atoms with Gasteiger partial charge in [-0.3, -0.25) is 4.31 Å². The maximum absolute atomic E-state index is 7.05. The molecule has 0 aliphatic rings. The number of hydrogen-bond acceptors (Lipinski definition) is 1. The van der Waals surface area contributed by atoms with Crippen LogP contribution in [0.3, 0.4) is 0 Å². The van der Waals surface area contributed by atoms with Crippen molar-refractivity contribution in [2.24, 2.45) is 0 Å². The molecule has 1 nitrogen and oxygen atoms in total. The maximum atomic E-state index is 7.05. The van der Waals surface area contributed by atoms with E-state index in [4.69, 9.17) is 7.85 Å². The molecule has 0 bridgehead atoms. The molecule has 0 spiro atoms. The summed E-state index contributed by atoms with van der Waals surface area (Å²) in [5.41, 5.74) is 3.89. The third-order valence-corrected chi connectivity index (χ3v) is 9.65. The second kappa shape index (κ2) is 12.0. The van der Waals surface area contributed by atoms with E-state index in [0.717, 1.165) is 32.4 Å². The summed E-state index contributed by atoms with van der Waals surface area (Å²) < 4.78 is 2.65. The fourth-order valence-corrected chi connectivity index (χ4v) is 7.00. The van der Waals surface area contributed by atoms with Crippen LogP contribution in [0.15, 0.2) is 54.6 Å². The van der Waals surface area contributed by atoms with Gasteiger partial charge in [-0.2, -0.15) is 10.2 Å². The number of nitrogens with zero attached hydrogens (tertiary/aromatic N) is 1. The first-order valence-electron chi connectivity index (χ1n) is 11.8. The van der Waals surface area contributed by atoms with Crippen molar-refractivity contribution in [3.63, 3.8) is 0 Å². The van der Waals surface area contributed by atoms with Crippen molar-refractivity contribution in [1.29, 1.82) is 0 Å². The average Bonchev–Trinajstić information content (AvgIpc) is 2.75. The summed E-state index contributed by atoms with van der Waals surface area (Å²) in [6, 6.07) is 19.8. The Hall–Kier alpha value is -1.19. The molecule has 1 unspecified atom stereocenters. The first-order valence-corrected chi connectivity index (χ1v) is 14.3. The summed E-state index contributed by atoms with van der Waals surface area (Å²) in [5.74, 6) is 1.30. The topological polar surface area (TPSA) is 3.24 Å². The Bertz CT molecular complexity index is 724. The number of hydrogen-bond donors (Lipinski definition) is 0. The van der Waals surface area contributed by atoms with E-state index in [2.05, 4.69) is 92.2 Å². The predicted octanol–water partition coefficient (Wildman–Crippen LogP) is 6.93. The van der Waals surface area contributed by atoms with Crippen LogP contribution in [-0.4, -0.2) is 43.5 Å². The summed E-state index contributed by atoms with van der Waals surface area (Å²) in [6.45, 7) is 9.12. The van der Waals surface area contributed by atoms with E-state index in [0.29, 0.717) is 0 Å². The molecule has 3 heteroatoms. The average molecular weight is 424 g/mol. The van der Waals surface area contributed by atoms with Gasteiger partial charge >= 0.3 is 0 Å². The van der Waals surface area contributed by atoms with E-state index in [1.54, 1.807) is 0 Å². The molecule has 2 aromatic carbocycles. The van der Waals surface area contributed by atoms with Crippen LogP contribution in [0, 0.1) is 0 Å². The molecule has 0 aromatic heterocycles. The molecule has 0 fully saturated rings. The molecule has 2 aromatic rings. The van der Waals surface area contributed by atoms with Crippen molar-refractivity contribution in [1.82, 2.24) is 4.31 Å². The summed E-state index contributed by atoms with van der Waals surface area (Å²) in [4.78, 5) is 0. The third-order valence-electron chi connectivity index (χ3n) is 6.45. The lowest BCUT2D eigenvalue weighted by Crippen LogP contribution is -2.28. The molecule has 0 aliphatic carbocycles. The van der Waals surface area contributed by atoms with Crippen molar-refractivity contribution in [2.75, 3.05) is 31.4 Å². The van der Waals surface area contributed by atoms with Crippen LogP contribution in [0.5, 0.6) is 0 Å². The fraction of sp³-hybridized carbons (Fsp3) is 0.556. The monoisotopic (exact) mass is 423 g/mol. The lowest BCUT2D eigenvalue weighted by Gasteiger charge is -2.42. The minimum Gasteiger partial charge on any atom is -0.269 e. The molecule has 30 heavy (non-hydrogen) atoms. The Labute approximate surface area is 189 Å². The zero-order valence-corrected chi connectivity index (χ0v) is 20.8. The minimum absolute atomic E-state index is 0.399. The van der Waals surface area contributed by atoms with Crippen LogP contribution in [0.4, 0.5) is 0 Å². The Morgan fingerprint density at radius 1 is 0.800 bits per heavy atom. The Morgan fingerprint density at radius 2 is 1.40 bits per heavy atom. The van der Waals surface area contributed by atoms with Gasteiger partial charge in [-0.05, 0) is 59.5 Å². The van der Waals surface area contributed by atoms with Gasteiger partial charge in [-0.15, -0.1) is 0 Å². The van der Waals surface area contributed by atoms with Gasteiger partial charge in [0.2, 0.25) is 0 Å². The predicted molar refractivity (Wildman–Crippen MR) is 139 cm³/mol. The molecule has 2 radical (unpaired) electrons. The zero-order valence-electron chi connectivity index (χ0n) is 20.0. The summed E-state index contributed by atoms with van der Waals surface area (Å²) in [6.07, 6.45) is 11.9. The zero-order chi connectivity index (χ0) is 22.0. The second-order valence-electron chi connectivity index (χ2n) is 8.89. The highest BCUT2D eigenvalue weighted by Gasteiger charge is 2.27. The molecule has 0 aliphatic heterocycles. The van der Waals surface area contributed by atoms with Crippen molar-refractivity contribution in [2.45, 2.75) is 64.6 Å². The maximum Gasteiger partial charge on any atom is 0.0875 e. The van der Waals surface area contributed by atoms with E-state index in [9.17, 15) is 0 Å². The first kappa shape index (κ1) is 25.1. The molecule has 1 atom stereocenters. The van der Waals surface area contributed by atoms with Gasteiger partial charge in [0.1, 0.15) is 0 Å². The van der Waals surface area contributed by atoms with Gasteiger partial charge in [0, 0.05) is 13.1 Å². The van der Waals surface area contributed by atoms with Crippen molar-refractivity contribution >= 4 is 18.1 Å². The van der Waals surface area contributed by atoms with Gasteiger partial charge < -0.3 is 0 Å². The second-order valence-corrected chi connectivity index (χ2v) is 12.8. The number of rotatable bonds is 13. The van der Waals surface area contributed by atoms with Crippen LogP contribution < -0.4 is 0 Å². The normalized spacial score (nSPS) is 14.6. The van der Waals surface area contributed by atoms with E-state index in [1.807, 2.05) is 0 Å². The van der Waals surface area contributed by atoms with E-state index >= 15 is 0 Å². The number of aryl methyl sites for hydroxylation is 1. The van der Waals surface area contributed by atoms with Crippen LogP contribution in [0.2, 0.25) is 0 Å². The van der Waals surface area contributed by atoms with Crippen LogP contribution in [0.25, 0.3) is 0 Å². The van der Waals surface area contributed by atoms with Gasteiger partial charge in [0.15, 0.2) is 0 Å². The largest absolute Gasteiger partial charge is 0.269 e. The highest BCUT2D eigenvalue weighted by Crippen LogP contribution is 2.44. The fourth-order valence-electron chi connectivity index (χ4n) is 4.49. The number of unbranched alkanes of at least 4 members (excludes halogenated alkanes) is 2. The van der Waals surface area contributed by atoms with E-state index < -0.39 is 15.5 Å². The van der Waals surface area contributed by atoms with Crippen LogP contribution >= 0.6 is 10.2 Å². The molecule has 2 rings (SSSR count). The first-order chi connectivity index (χ1) is 14.4. The minimum atomic E-state index is -0.660. The lowest BCUT2D eigenvalue weighted by molar-refractivity contribution is 0.511. The molecule has 0 N–H and O–H groups in total. The van der Waals surface area contributed by atoms with Crippen molar-refractivity contribution in [3.8, 4) is 0 Å².